The fourth-order valence-electron chi connectivity index (χ4n) is 3.03. The van der Waals surface area contributed by atoms with E-state index < -0.39 is 0 Å². The number of aryl methyl sites for hydroxylation is 2. The van der Waals surface area contributed by atoms with Crippen molar-refractivity contribution in [2.45, 2.75) is 51.6 Å². The molecular weight excluding hydrogens is 240 g/mol. The molecule has 1 aliphatic rings. The summed E-state index contributed by atoms with van der Waals surface area (Å²) in [7, 11) is 1.95. The van der Waals surface area contributed by atoms with Crippen LogP contribution in [0.25, 0.3) is 0 Å². The predicted molar refractivity (Wildman–Crippen MR) is 74.4 cm³/mol. The van der Waals surface area contributed by atoms with Gasteiger partial charge < -0.3 is 11.1 Å². The zero-order valence-electron chi connectivity index (χ0n) is 12.0. The van der Waals surface area contributed by atoms with Crippen molar-refractivity contribution in [2.24, 2.45) is 18.7 Å². The summed E-state index contributed by atoms with van der Waals surface area (Å²) in [5.74, 6) is -0.0666. The molecule has 1 unspecified atom stereocenters. The molecular formula is C14H24N4O. The van der Waals surface area contributed by atoms with Crippen LogP contribution in [0.5, 0.6) is 0 Å². The van der Waals surface area contributed by atoms with Gasteiger partial charge in [0, 0.05) is 36.8 Å². The van der Waals surface area contributed by atoms with Crippen molar-refractivity contribution in [3.63, 3.8) is 0 Å². The molecule has 0 aromatic carbocycles. The zero-order valence-corrected chi connectivity index (χ0v) is 12.0. The summed E-state index contributed by atoms with van der Waals surface area (Å²) < 4.78 is 1.85. The van der Waals surface area contributed by atoms with E-state index >= 15 is 0 Å². The van der Waals surface area contributed by atoms with E-state index in [1.807, 2.05) is 18.7 Å². The van der Waals surface area contributed by atoms with Crippen molar-refractivity contribution in [1.82, 2.24) is 15.1 Å². The second-order valence-electron chi connectivity index (χ2n) is 5.68. The van der Waals surface area contributed by atoms with Crippen molar-refractivity contribution >= 4 is 5.91 Å². The molecule has 3 N–H and O–H groups in total. The highest BCUT2D eigenvalue weighted by Gasteiger charge is 2.26. The first-order valence-electron chi connectivity index (χ1n) is 7.03. The first-order valence-corrected chi connectivity index (χ1v) is 7.03. The van der Waals surface area contributed by atoms with E-state index in [1.54, 1.807) is 0 Å². The average molecular weight is 264 g/mol. The molecule has 1 aromatic rings. The summed E-state index contributed by atoms with van der Waals surface area (Å²) in [4.78, 5) is 11.1. The van der Waals surface area contributed by atoms with Crippen LogP contribution in [-0.4, -0.2) is 21.7 Å². The molecule has 5 nitrogen and oxygen atoms in total. The van der Waals surface area contributed by atoms with Crippen molar-refractivity contribution in [1.29, 1.82) is 0 Å². The molecule has 0 bridgehead atoms. The number of nitrogens with one attached hydrogen (secondary N) is 1. The lowest BCUT2D eigenvalue weighted by atomic mass is 9.85. The minimum Gasteiger partial charge on any atom is -0.369 e. The van der Waals surface area contributed by atoms with Crippen LogP contribution in [0.2, 0.25) is 0 Å². The van der Waals surface area contributed by atoms with E-state index in [0.717, 1.165) is 31.4 Å². The predicted octanol–water partition coefficient (Wildman–Crippen LogP) is 1.42. The van der Waals surface area contributed by atoms with Crippen molar-refractivity contribution < 1.29 is 4.79 Å². The van der Waals surface area contributed by atoms with E-state index in [0.29, 0.717) is 12.1 Å². The minimum absolute atomic E-state index is 0.0773. The summed E-state index contributed by atoms with van der Waals surface area (Å²) in [6, 6.07) is 0.772. The lowest BCUT2D eigenvalue weighted by Gasteiger charge is -2.29. The number of rotatable bonds is 4. The molecule has 0 radical (unpaired) electrons. The summed E-state index contributed by atoms with van der Waals surface area (Å²) in [6.07, 6.45) is 5.94. The third kappa shape index (κ3) is 3.35. The van der Waals surface area contributed by atoms with Crippen LogP contribution >= 0.6 is 0 Å². The van der Waals surface area contributed by atoms with Gasteiger partial charge >= 0.3 is 0 Å². The highest BCUT2D eigenvalue weighted by atomic mass is 16.1. The van der Waals surface area contributed by atoms with Gasteiger partial charge in [-0.25, -0.2) is 0 Å². The molecule has 1 heterocycles. The molecule has 0 spiro atoms. The molecule has 2 rings (SSSR count). The van der Waals surface area contributed by atoms with Crippen LogP contribution in [0.3, 0.4) is 0 Å². The molecule has 19 heavy (non-hydrogen) atoms. The monoisotopic (exact) mass is 264 g/mol. The van der Waals surface area contributed by atoms with Crippen molar-refractivity contribution in [2.75, 3.05) is 0 Å². The highest BCUT2D eigenvalue weighted by molar-refractivity contribution is 5.76. The van der Waals surface area contributed by atoms with Crippen LogP contribution < -0.4 is 11.1 Å². The maximum absolute atomic E-state index is 11.1. The molecule has 1 fully saturated rings. The number of nitrogens with two attached hydrogens (primary N) is 1. The van der Waals surface area contributed by atoms with Gasteiger partial charge in [-0.2, -0.15) is 5.10 Å². The standard InChI is InChI=1S/C14H24N4O/c1-9(13-8-18(3)17-10(13)2)16-12-6-4-11(5-7-12)14(15)19/h8-9,11-12,16H,4-7H2,1-3H3,(H2,15,19). The van der Waals surface area contributed by atoms with Gasteiger partial charge in [0.15, 0.2) is 0 Å². The Hall–Kier alpha value is -1.36. The highest BCUT2D eigenvalue weighted by Crippen LogP contribution is 2.26. The Morgan fingerprint density at radius 1 is 1.47 bits per heavy atom. The van der Waals surface area contributed by atoms with Gasteiger partial charge in [0.25, 0.3) is 0 Å². The van der Waals surface area contributed by atoms with E-state index in [9.17, 15) is 4.79 Å². The molecule has 0 aliphatic heterocycles. The number of hydrogen-bond donors (Lipinski definition) is 2. The van der Waals surface area contributed by atoms with Gasteiger partial charge in [0.2, 0.25) is 5.91 Å². The van der Waals surface area contributed by atoms with Crippen LogP contribution in [0.4, 0.5) is 0 Å². The Balaban J connectivity index is 1.89. The maximum atomic E-state index is 11.1. The van der Waals surface area contributed by atoms with Crippen LogP contribution in [0, 0.1) is 12.8 Å². The number of amides is 1. The molecule has 1 saturated carbocycles. The largest absolute Gasteiger partial charge is 0.369 e. The van der Waals surface area contributed by atoms with E-state index in [4.69, 9.17) is 5.73 Å². The second-order valence-corrected chi connectivity index (χ2v) is 5.68. The molecule has 5 heteroatoms. The second kappa shape index (κ2) is 5.74. The summed E-state index contributed by atoms with van der Waals surface area (Å²) in [5, 5.41) is 8.02. The Morgan fingerprint density at radius 2 is 2.11 bits per heavy atom. The molecule has 1 aliphatic carbocycles. The first-order chi connectivity index (χ1) is 8.97. The Kier molecular flexibility index (Phi) is 4.24. The van der Waals surface area contributed by atoms with Gasteiger partial charge in [0.1, 0.15) is 0 Å². The number of nitrogens with zero attached hydrogens (tertiary/aromatic N) is 2. The normalized spacial score (nSPS) is 25.2. The van der Waals surface area contributed by atoms with Crippen LogP contribution in [-0.2, 0) is 11.8 Å². The quantitative estimate of drug-likeness (QED) is 0.864. The topological polar surface area (TPSA) is 72.9 Å². The maximum Gasteiger partial charge on any atom is 0.220 e. The number of hydrogen-bond acceptors (Lipinski definition) is 3. The minimum atomic E-state index is -0.144. The van der Waals surface area contributed by atoms with Gasteiger partial charge in [-0.05, 0) is 39.5 Å². The van der Waals surface area contributed by atoms with Crippen LogP contribution in [0.1, 0.15) is 49.9 Å². The first kappa shape index (κ1) is 14.1. The van der Waals surface area contributed by atoms with E-state index in [2.05, 4.69) is 23.5 Å². The Labute approximate surface area is 114 Å². The number of primary amides is 1. The molecule has 1 atom stereocenters. The fraction of sp³-hybridized carbons (Fsp3) is 0.714. The van der Waals surface area contributed by atoms with Gasteiger partial charge in [-0.3, -0.25) is 9.48 Å². The third-order valence-electron chi connectivity index (χ3n) is 4.13. The van der Waals surface area contributed by atoms with Crippen molar-refractivity contribution in [3.05, 3.63) is 17.5 Å². The van der Waals surface area contributed by atoms with Crippen molar-refractivity contribution in [3.8, 4) is 0 Å². The lowest BCUT2D eigenvalue weighted by molar-refractivity contribution is -0.122. The molecule has 1 aromatic heterocycles. The molecule has 106 valence electrons. The fourth-order valence-corrected chi connectivity index (χ4v) is 3.03. The summed E-state index contributed by atoms with van der Waals surface area (Å²) >= 11 is 0. The summed E-state index contributed by atoms with van der Waals surface area (Å²) in [5.41, 5.74) is 7.68. The van der Waals surface area contributed by atoms with E-state index in [1.165, 1.54) is 5.56 Å². The average Bonchev–Trinajstić information content (AvgIpc) is 2.69. The number of aromatic nitrogens is 2. The molecule has 0 saturated heterocycles. The van der Waals surface area contributed by atoms with Gasteiger partial charge in [-0.15, -0.1) is 0 Å². The van der Waals surface area contributed by atoms with Crippen LogP contribution in [0.15, 0.2) is 6.20 Å². The van der Waals surface area contributed by atoms with Gasteiger partial charge in [0.05, 0.1) is 5.69 Å². The zero-order chi connectivity index (χ0) is 14.0. The van der Waals surface area contributed by atoms with Gasteiger partial charge in [-0.1, -0.05) is 0 Å². The summed E-state index contributed by atoms with van der Waals surface area (Å²) in [6.45, 7) is 4.21. The van der Waals surface area contributed by atoms with E-state index in [-0.39, 0.29) is 11.8 Å². The lowest BCUT2D eigenvalue weighted by Crippen LogP contribution is -2.37. The Bertz CT molecular complexity index is 446. The molecule has 1 amide bonds. The number of carbonyl (C=O) groups is 1. The third-order valence-corrected chi connectivity index (χ3v) is 4.13. The SMILES string of the molecule is Cc1nn(C)cc1C(C)NC1CCC(C(N)=O)CC1. The Morgan fingerprint density at radius 3 is 2.58 bits per heavy atom. The smallest absolute Gasteiger partial charge is 0.220 e. The number of carbonyl (C=O) groups excluding carboxylic acids is 1.